The minimum absolute atomic E-state index is 0.0857. The summed E-state index contributed by atoms with van der Waals surface area (Å²) in [6.45, 7) is 6.42. The van der Waals surface area contributed by atoms with E-state index >= 15 is 0 Å². The Bertz CT molecular complexity index is 1590. The first kappa shape index (κ1) is 75.1. The first-order chi connectivity index (χ1) is 39.0. The molecule has 0 saturated heterocycles. The molecule has 0 aliphatic rings. The average molecular weight is 1100 g/mol. The lowest BCUT2D eigenvalue weighted by atomic mass is 10.0. The van der Waals surface area contributed by atoms with Crippen molar-refractivity contribution < 1.29 is 28.6 Å². The predicted octanol–water partition coefficient (Wildman–Crippen LogP) is 23.0. The third-order valence-electron chi connectivity index (χ3n) is 14.2. The topological polar surface area (TPSA) is 78.9 Å². The van der Waals surface area contributed by atoms with Crippen molar-refractivity contribution in [2.45, 2.75) is 322 Å². The van der Waals surface area contributed by atoms with Crippen molar-refractivity contribution in [2.75, 3.05) is 13.2 Å². The molecule has 79 heavy (non-hydrogen) atoms. The monoisotopic (exact) mass is 1100 g/mol. The molecule has 452 valence electrons. The van der Waals surface area contributed by atoms with Crippen LogP contribution in [0.1, 0.15) is 316 Å². The summed E-state index contributed by atoms with van der Waals surface area (Å²) in [6.07, 6.45) is 90.9. The first-order valence-corrected chi connectivity index (χ1v) is 33.4. The summed E-state index contributed by atoms with van der Waals surface area (Å²) in [7, 11) is 0. The standard InChI is InChI=1S/C73H124O6/c1-4-7-10-13-16-19-22-25-28-31-33-35-36-38-39-42-45-48-51-54-57-60-63-66-72(75)78-69-70(68-77-71(74)65-62-59-56-53-50-47-44-41-30-27-24-21-18-15-12-9-6-3)79-73(76)67-64-61-58-55-52-49-46-43-40-37-34-32-29-26-23-20-17-14-11-8-5-2/h8-9,11-12,17-18,20-22,25-27,29-31,33-34,37,70H,4-7,10,13-16,19,23-24,28,32,35-36,38-69H2,1-3H3/b11-8-,12-9-,20-17-,21-18-,25-22-,29-26-,30-27-,33-31-,37-34-. The van der Waals surface area contributed by atoms with Gasteiger partial charge in [-0.25, -0.2) is 0 Å². The van der Waals surface area contributed by atoms with Crippen LogP contribution in [0.4, 0.5) is 0 Å². The Hall–Kier alpha value is -3.93. The van der Waals surface area contributed by atoms with E-state index in [4.69, 9.17) is 14.2 Å². The second-order valence-electron chi connectivity index (χ2n) is 22.0. The minimum Gasteiger partial charge on any atom is -0.462 e. The molecule has 6 nitrogen and oxygen atoms in total. The molecule has 0 rings (SSSR count). The van der Waals surface area contributed by atoms with Crippen LogP contribution in [0, 0.1) is 0 Å². The van der Waals surface area contributed by atoms with Crippen LogP contribution in [0.25, 0.3) is 0 Å². The maximum atomic E-state index is 12.9. The van der Waals surface area contributed by atoms with E-state index in [0.29, 0.717) is 19.3 Å². The molecule has 0 amide bonds. The Morgan fingerprint density at radius 1 is 0.266 bits per heavy atom. The predicted molar refractivity (Wildman–Crippen MR) is 343 cm³/mol. The van der Waals surface area contributed by atoms with Gasteiger partial charge < -0.3 is 14.2 Å². The molecule has 0 spiro atoms. The van der Waals surface area contributed by atoms with Gasteiger partial charge in [0.2, 0.25) is 0 Å². The highest BCUT2D eigenvalue weighted by Crippen LogP contribution is 2.16. The molecule has 0 heterocycles. The first-order valence-electron chi connectivity index (χ1n) is 33.4. The van der Waals surface area contributed by atoms with Crippen molar-refractivity contribution >= 4 is 17.9 Å². The molecule has 1 atom stereocenters. The molecule has 0 bridgehead atoms. The van der Waals surface area contributed by atoms with Crippen LogP contribution in [0.15, 0.2) is 109 Å². The molecule has 0 aromatic rings. The van der Waals surface area contributed by atoms with E-state index < -0.39 is 6.10 Å². The Kier molecular flexibility index (Phi) is 63.3. The Morgan fingerprint density at radius 2 is 0.494 bits per heavy atom. The number of carbonyl (C=O) groups excluding carboxylic acids is 3. The highest BCUT2D eigenvalue weighted by atomic mass is 16.6. The van der Waals surface area contributed by atoms with Gasteiger partial charge in [0.05, 0.1) is 0 Å². The van der Waals surface area contributed by atoms with Crippen LogP contribution >= 0.6 is 0 Å². The maximum Gasteiger partial charge on any atom is 0.306 e. The van der Waals surface area contributed by atoms with Gasteiger partial charge in [-0.15, -0.1) is 0 Å². The van der Waals surface area contributed by atoms with Crippen molar-refractivity contribution in [2.24, 2.45) is 0 Å². The second kappa shape index (κ2) is 66.6. The van der Waals surface area contributed by atoms with E-state index in [-0.39, 0.29) is 31.1 Å². The molecule has 0 aliphatic heterocycles. The number of unbranched alkanes of at least 4 members (excludes halogenated alkanes) is 31. The van der Waals surface area contributed by atoms with E-state index in [1.54, 1.807) is 0 Å². The number of hydrogen-bond donors (Lipinski definition) is 0. The fraction of sp³-hybridized carbons (Fsp3) is 0.712. The number of rotatable bonds is 60. The lowest BCUT2D eigenvalue weighted by molar-refractivity contribution is -0.167. The lowest BCUT2D eigenvalue weighted by Gasteiger charge is -2.18. The molecule has 0 radical (unpaired) electrons. The summed E-state index contributed by atoms with van der Waals surface area (Å²) in [5.74, 6) is -0.896. The molecular weight excluding hydrogens is 973 g/mol. The van der Waals surface area contributed by atoms with Gasteiger partial charge in [-0.05, 0) is 122 Å². The molecule has 0 fully saturated rings. The van der Waals surface area contributed by atoms with Gasteiger partial charge in [-0.2, -0.15) is 0 Å². The van der Waals surface area contributed by atoms with Gasteiger partial charge in [0.25, 0.3) is 0 Å². The van der Waals surface area contributed by atoms with Crippen LogP contribution in [-0.2, 0) is 28.6 Å². The average Bonchev–Trinajstić information content (AvgIpc) is 3.45. The van der Waals surface area contributed by atoms with Crippen LogP contribution in [0.3, 0.4) is 0 Å². The molecular formula is C73H124O6. The van der Waals surface area contributed by atoms with Crippen LogP contribution in [0.2, 0.25) is 0 Å². The zero-order valence-corrected chi connectivity index (χ0v) is 51.9. The number of allylic oxidation sites excluding steroid dienone is 18. The lowest BCUT2D eigenvalue weighted by Crippen LogP contribution is -2.30. The van der Waals surface area contributed by atoms with Gasteiger partial charge in [-0.1, -0.05) is 284 Å². The summed E-state index contributed by atoms with van der Waals surface area (Å²) >= 11 is 0. The SMILES string of the molecule is CC/C=C\C/C=C\C/C=C\C/C=C\CCCCCCCCCCC(=O)OC(COC(=O)CCCCCCCCC/C=C\C/C=C\C/C=C\CC)COC(=O)CCCCCCCCCCCCC/C=C\C/C=C\CCCCCCC. The highest BCUT2D eigenvalue weighted by Gasteiger charge is 2.19. The largest absolute Gasteiger partial charge is 0.462 e. The van der Waals surface area contributed by atoms with Crippen LogP contribution in [-0.4, -0.2) is 37.2 Å². The Morgan fingerprint density at radius 3 is 0.772 bits per heavy atom. The van der Waals surface area contributed by atoms with Crippen molar-refractivity contribution in [3.63, 3.8) is 0 Å². The zero-order valence-electron chi connectivity index (χ0n) is 51.9. The van der Waals surface area contributed by atoms with Gasteiger partial charge >= 0.3 is 17.9 Å². The molecule has 6 heteroatoms. The second-order valence-corrected chi connectivity index (χ2v) is 22.0. The van der Waals surface area contributed by atoms with Gasteiger partial charge in [-0.3, -0.25) is 14.4 Å². The van der Waals surface area contributed by atoms with Gasteiger partial charge in [0.15, 0.2) is 6.10 Å². The smallest absolute Gasteiger partial charge is 0.306 e. The zero-order chi connectivity index (χ0) is 57.1. The third-order valence-corrected chi connectivity index (χ3v) is 14.2. The van der Waals surface area contributed by atoms with E-state index in [2.05, 4.69) is 130 Å². The Balaban J connectivity index is 4.39. The summed E-state index contributed by atoms with van der Waals surface area (Å²) < 4.78 is 17.0. The molecule has 0 aromatic carbocycles. The van der Waals surface area contributed by atoms with Gasteiger partial charge in [0, 0.05) is 19.3 Å². The van der Waals surface area contributed by atoms with E-state index in [9.17, 15) is 14.4 Å². The number of ether oxygens (including phenoxy) is 3. The molecule has 1 unspecified atom stereocenters. The number of hydrogen-bond acceptors (Lipinski definition) is 6. The van der Waals surface area contributed by atoms with E-state index in [0.717, 1.165) is 122 Å². The van der Waals surface area contributed by atoms with Crippen LogP contribution in [0.5, 0.6) is 0 Å². The fourth-order valence-electron chi connectivity index (χ4n) is 9.30. The van der Waals surface area contributed by atoms with E-state index in [1.807, 2.05) is 0 Å². The normalized spacial score (nSPS) is 12.8. The summed E-state index contributed by atoms with van der Waals surface area (Å²) in [5.41, 5.74) is 0. The maximum absolute atomic E-state index is 12.9. The minimum atomic E-state index is -0.791. The van der Waals surface area contributed by atoms with Gasteiger partial charge in [0.1, 0.15) is 13.2 Å². The van der Waals surface area contributed by atoms with Crippen molar-refractivity contribution in [1.82, 2.24) is 0 Å². The van der Waals surface area contributed by atoms with Crippen molar-refractivity contribution in [1.29, 1.82) is 0 Å². The molecule has 0 N–H and O–H groups in total. The van der Waals surface area contributed by atoms with Crippen molar-refractivity contribution in [3.8, 4) is 0 Å². The third kappa shape index (κ3) is 64.8. The highest BCUT2D eigenvalue weighted by molar-refractivity contribution is 5.71. The molecule has 0 aromatic heterocycles. The van der Waals surface area contributed by atoms with Crippen LogP contribution < -0.4 is 0 Å². The Labute approximate surface area is 489 Å². The summed E-state index contributed by atoms with van der Waals surface area (Å²) in [4.78, 5) is 38.4. The number of esters is 3. The summed E-state index contributed by atoms with van der Waals surface area (Å²) in [5, 5.41) is 0. The number of carbonyl (C=O) groups is 3. The van der Waals surface area contributed by atoms with Crippen molar-refractivity contribution in [3.05, 3.63) is 109 Å². The fourth-order valence-corrected chi connectivity index (χ4v) is 9.30. The van der Waals surface area contributed by atoms with E-state index in [1.165, 1.54) is 154 Å². The molecule has 0 aliphatic carbocycles. The molecule has 0 saturated carbocycles. The summed E-state index contributed by atoms with van der Waals surface area (Å²) in [6, 6.07) is 0. The quantitative estimate of drug-likeness (QED) is 0.0261.